The third kappa shape index (κ3) is 3.03. The van der Waals surface area contributed by atoms with Crippen molar-refractivity contribution in [1.29, 1.82) is 5.26 Å². The Bertz CT molecular complexity index is 934. The summed E-state index contributed by atoms with van der Waals surface area (Å²) in [5.74, 6) is 0.148. The molecule has 1 unspecified atom stereocenters. The maximum absolute atomic E-state index is 14.1. The van der Waals surface area contributed by atoms with E-state index in [1.165, 1.54) is 12.1 Å². The van der Waals surface area contributed by atoms with Crippen molar-refractivity contribution >= 4 is 17.3 Å². The van der Waals surface area contributed by atoms with Crippen LogP contribution in [0.1, 0.15) is 44.0 Å². The van der Waals surface area contributed by atoms with Crippen molar-refractivity contribution in [2.24, 2.45) is 11.8 Å². The number of pyridine rings is 1. The molecule has 1 N–H and O–H groups in total. The molecule has 138 valence electrons. The molecule has 4 rings (SSSR count). The molecule has 1 amide bonds. The van der Waals surface area contributed by atoms with Gasteiger partial charge in [0.05, 0.1) is 11.7 Å². The van der Waals surface area contributed by atoms with E-state index in [2.05, 4.69) is 23.3 Å². The van der Waals surface area contributed by atoms with Gasteiger partial charge in [-0.2, -0.15) is 5.26 Å². The number of carbonyl (C=O) groups excluding carboxylic acids is 1. The molecule has 1 saturated carbocycles. The number of hydrogen-bond acceptors (Lipinski definition) is 4. The molecule has 1 aliphatic heterocycles. The largest absolute Gasteiger partial charge is 0.375 e. The Balaban J connectivity index is 1.83. The Kier molecular flexibility index (Phi) is 4.31. The van der Waals surface area contributed by atoms with Crippen LogP contribution in [0.25, 0.3) is 0 Å². The maximum Gasteiger partial charge on any atom is 0.224 e. The number of benzene rings is 1. The first-order valence-corrected chi connectivity index (χ1v) is 9.22. The van der Waals surface area contributed by atoms with Crippen LogP contribution < -0.4 is 10.2 Å². The van der Waals surface area contributed by atoms with E-state index in [1.807, 2.05) is 4.90 Å². The van der Waals surface area contributed by atoms with Crippen molar-refractivity contribution in [2.45, 2.75) is 38.8 Å². The molecule has 0 radical (unpaired) electrons. The molecule has 0 saturated heterocycles. The zero-order valence-electron chi connectivity index (χ0n) is 15.3. The molecule has 3 atom stereocenters. The number of carbonyl (C=O) groups is 1. The van der Waals surface area contributed by atoms with Gasteiger partial charge >= 0.3 is 0 Å². The Labute approximate surface area is 157 Å². The summed E-state index contributed by atoms with van der Waals surface area (Å²) < 4.78 is 14.1. The minimum Gasteiger partial charge on any atom is -0.375 e. The van der Waals surface area contributed by atoms with E-state index in [1.54, 1.807) is 31.3 Å². The lowest BCUT2D eigenvalue weighted by atomic mass is 9.79. The molecule has 2 heterocycles. The first-order valence-electron chi connectivity index (χ1n) is 9.22. The van der Waals surface area contributed by atoms with Crippen LogP contribution >= 0.6 is 0 Å². The zero-order valence-corrected chi connectivity index (χ0v) is 15.3. The summed E-state index contributed by atoms with van der Waals surface area (Å²) in [4.78, 5) is 18.4. The third-order valence-electron chi connectivity index (χ3n) is 5.62. The fourth-order valence-electron chi connectivity index (χ4n) is 4.32. The molecular formula is C21H21FN4O. The van der Waals surface area contributed by atoms with Crippen molar-refractivity contribution in [1.82, 2.24) is 4.98 Å². The average molecular weight is 364 g/mol. The second-order valence-corrected chi connectivity index (χ2v) is 7.41. The van der Waals surface area contributed by atoms with Crippen molar-refractivity contribution in [3.8, 4) is 6.07 Å². The summed E-state index contributed by atoms with van der Waals surface area (Å²) in [5.41, 5.74) is 2.42. The van der Waals surface area contributed by atoms with E-state index in [0.717, 1.165) is 24.1 Å². The highest BCUT2D eigenvalue weighted by Crippen LogP contribution is 2.50. The van der Waals surface area contributed by atoms with Crippen molar-refractivity contribution in [3.05, 3.63) is 53.6 Å². The molecule has 5 nitrogen and oxygen atoms in total. The minimum absolute atomic E-state index is 0.0239. The quantitative estimate of drug-likeness (QED) is 0.893. The number of nitrogens with one attached hydrogen (secondary N) is 1. The summed E-state index contributed by atoms with van der Waals surface area (Å²) in [6, 6.07) is 10.1. The number of aromatic nitrogens is 1. The highest BCUT2D eigenvalue weighted by molar-refractivity contribution is 5.94. The van der Waals surface area contributed by atoms with Crippen molar-refractivity contribution in [3.63, 3.8) is 0 Å². The van der Waals surface area contributed by atoms with E-state index in [4.69, 9.17) is 0 Å². The fourth-order valence-corrected chi connectivity index (χ4v) is 4.32. The van der Waals surface area contributed by atoms with E-state index in [0.29, 0.717) is 17.3 Å². The molecular weight excluding hydrogens is 343 g/mol. The molecule has 1 aliphatic carbocycles. The summed E-state index contributed by atoms with van der Waals surface area (Å²) in [5, 5.41) is 12.8. The number of nitriles is 1. The van der Waals surface area contributed by atoms with E-state index in [9.17, 15) is 14.4 Å². The average Bonchev–Trinajstić information content (AvgIpc) is 3.48. The summed E-state index contributed by atoms with van der Waals surface area (Å²) >= 11 is 0. The highest BCUT2D eigenvalue weighted by atomic mass is 19.1. The summed E-state index contributed by atoms with van der Waals surface area (Å²) in [6.07, 6.45) is 3.77. The molecule has 2 aliphatic rings. The minimum atomic E-state index is -0.340. The number of hydrogen-bond donors (Lipinski definition) is 1. The second kappa shape index (κ2) is 6.66. The Morgan fingerprint density at radius 3 is 2.81 bits per heavy atom. The SMILES string of the molecule is CC(=O)N1c2ccc(F)cc2[C@H](Nc2cccnc2C#N)C(C)[C@@H]1C1CC1. The predicted molar refractivity (Wildman–Crippen MR) is 101 cm³/mol. The first-order chi connectivity index (χ1) is 13.0. The van der Waals surface area contributed by atoms with Crippen LogP contribution in [0.15, 0.2) is 36.5 Å². The number of fused-ring (bicyclic) bond motifs is 1. The summed E-state index contributed by atoms with van der Waals surface area (Å²) in [7, 11) is 0. The van der Waals surface area contributed by atoms with Crippen LogP contribution in [0.3, 0.4) is 0 Å². The molecule has 0 bridgehead atoms. The molecule has 6 heteroatoms. The van der Waals surface area contributed by atoms with E-state index in [-0.39, 0.29) is 29.7 Å². The molecule has 1 fully saturated rings. The van der Waals surface area contributed by atoms with Gasteiger partial charge in [0.2, 0.25) is 5.91 Å². The standard InChI is InChI=1S/C21H21FN4O/c1-12-20(25-17-4-3-9-24-18(17)11-23)16-10-15(22)7-8-19(16)26(13(2)27)21(12)14-5-6-14/h3-4,7-10,12,14,20-21,25H,5-6H2,1-2H3/t12?,20-,21-/m1/s1. The fraction of sp³-hybridized carbons (Fsp3) is 0.381. The van der Waals surface area contributed by atoms with Gasteiger partial charge in [-0.3, -0.25) is 4.79 Å². The highest BCUT2D eigenvalue weighted by Gasteiger charge is 2.47. The van der Waals surface area contributed by atoms with Crippen molar-refractivity contribution in [2.75, 3.05) is 10.2 Å². The van der Waals surface area contributed by atoms with Crippen LogP contribution in [-0.4, -0.2) is 16.9 Å². The zero-order chi connectivity index (χ0) is 19.1. The molecule has 2 aromatic rings. The normalized spacial score (nSPS) is 24.1. The predicted octanol–water partition coefficient (Wildman–Crippen LogP) is 4.03. The van der Waals surface area contributed by atoms with Gasteiger partial charge in [0, 0.05) is 36.3 Å². The van der Waals surface area contributed by atoms with Gasteiger partial charge in [-0.05, 0) is 49.1 Å². The van der Waals surface area contributed by atoms with Gasteiger partial charge in [-0.25, -0.2) is 9.37 Å². The third-order valence-corrected chi connectivity index (χ3v) is 5.62. The first kappa shape index (κ1) is 17.5. The van der Waals surface area contributed by atoms with Crippen LogP contribution in [0.2, 0.25) is 0 Å². The van der Waals surface area contributed by atoms with Gasteiger partial charge in [-0.1, -0.05) is 6.92 Å². The lowest BCUT2D eigenvalue weighted by molar-refractivity contribution is -0.117. The summed E-state index contributed by atoms with van der Waals surface area (Å²) in [6.45, 7) is 3.66. The smallest absolute Gasteiger partial charge is 0.224 e. The number of nitrogens with zero attached hydrogens (tertiary/aromatic N) is 3. The Morgan fingerprint density at radius 1 is 1.37 bits per heavy atom. The topological polar surface area (TPSA) is 69.0 Å². The van der Waals surface area contributed by atoms with Gasteiger partial charge < -0.3 is 10.2 Å². The molecule has 1 aromatic carbocycles. The Morgan fingerprint density at radius 2 is 2.15 bits per heavy atom. The number of halogens is 1. The van der Waals surface area contributed by atoms with Crippen molar-refractivity contribution < 1.29 is 9.18 Å². The second-order valence-electron chi connectivity index (χ2n) is 7.41. The van der Waals surface area contributed by atoms with Gasteiger partial charge in [-0.15, -0.1) is 0 Å². The lowest BCUT2D eigenvalue weighted by Crippen LogP contribution is -2.51. The number of rotatable bonds is 3. The molecule has 27 heavy (non-hydrogen) atoms. The van der Waals surface area contributed by atoms with Crippen LogP contribution in [0, 0.1) is 29.0 Å². The van der Waals surface area contributed by atoms with Gasteiger partial charge in [0.1, 0.15) is 11.9 Å². The monoisotopic (exact) mass is 364 g/mol. The van der Waals surface area contributed by atoms with E-state index >= 15 is 0 Å². The number of anilines is 2. The van der Waals surface area contributed by atoms with E-state index < -0.39 is 0 Å². The van der Waals surface area contributed by atoms with Gasteiger partial charge in [0.15, 0.2) is 5.69 Å². The Hall–Kier alpha value is -2.94. The van der Waals surface area contributed by atoms with Crippen LogP contribution in [0.4, 0.5) is 15.8 Å². The number of amides is 1. The van der Waals surface area contributed by atoms with Crippen LogP contribution in [0.5, 0.6) is 0 Å². The maximum atomic E-state index is 14.1. The van der Waals surface area contributed by atoms with Crippen LogP contribution in [-0.2, 0) is 4.79 Å². The molecule has 1 aromatic heterocycles. The lowest BCUT2D eigenvalue weighted by Gasteiger charge is -2.46. The van der Waals surface area contributed by atoms with Gasteiger partial charge in [0.25, 0.3) is 0 Å². The molecule has 0 spiro atoms.